The van der Waals surface area contributed by atoms with Gasteiger partial charge in [0, 0.05) is 11.5 Å². The quantitative estimate of drug-likeness (QED) is 0.491. The molecule has 0 aromatic heterocycles. The van der Waals surface area contributed by atoms with Crippen LogP contribution in [0.15, 0.2) is 35.4 Å². The van der Waals surface area contributed by atoms with Gasteiger partial charge in [0.1, 0.15) is 6.10 Å². The van der Waals surface area contributed by atoms with E-state index in [4.69, 9.17) is 10.3 Å². The Balaban J connectivity index is 1.96. The number of amides is 1. The third kappa shape index (κ3) is 3.15. The molecule has 1 heterocycles. The summed E-state index contributed by atoms with van der Waals surface area (Å²) in [7, 11) is 0. The van der Waals surface area contributed by atoms with Gasteiger partial charge >= 0.3 is 6.09 Å². The Morgan fingerprint density at radius 1 is 1.39 bits per heavy atom. The zero-order valence-electron chi connectivity index (χ0n) is 9.82. The van der Waals surface area contributed by atoms with Crippen LogP contribution in [0, 0.1) is 0 Å². The highest BCUT2D eigenvalue weighted by Crippen LogP contribution is 2.17. The van der Waals surface area contributed by atoms with Crippen LogP contribution in [0.3, 0.4) is 0 Å². The molecule has 0 aliphatic carbocycles. The van der Waals surface area contributed by atoms with Crippen LogP contribution in [0.5, 0.6) is 0 Å². The van der Waals surface area contributed by atoms with Gasteiger partial charge in [-0.2, -0.15) is 0 Å². The molecule has 0 bridgehead atoms. The molecule has 6 heteroatoms. The van der Waals surface area contributed by atoms with Gasteiger partial charge in [0.25, 0.3) is 0 Å². The molecule has 1 aromatic carbocycles. The molecule has 1 N–H and O–H groups in total. The molecular weight excluding hydrogens is 232 g/mol. The van der Waals surface area contributed by atoms with Crippen LogP contribution in [0.25, 0.3) is 10.4 Å². The van der Waals surface area contributed by atoms with Crippen LogP contribution < -0.4 is 5.32 Å². The third-order valence-corrected chi connectivity index (χ3v) is 2.89. The van der Waals surface area contributed by atoms with Crippen molar-refractivity contribution in [3.63, 3.8) is 0 Å². The highest BCUT2D eigenvalue weighted by molar-refractivity contribution is 5.70. The lowest BCUT2D eigenvalue weighted by Gasteiger charge is -2.15. The number of carbonyl (C=O) groups excluding carboxylic acids is 1. The van der Waals surface area contributed by atoms with Crippen molar-refractivity contribution in [2.45, 2.75) is 25.0 Å². The molecule has 18 heavy (non-hydrogen) atoms. The number of nitrogens with one attached hydrogen (secondary N) is 1. The molecule has 1 amide bonds. The Morgan fingerprint density at radius 2 is 2.17 bits per heavy atom. The van der Waals surface area contributed by atoms with Gasteiger partial charge < -0.3 is 10.1 Å². The smallest absolute Gasteiger partial charge is 0.407 e. The molecule has 94 valence electrons. The van der Waals surface area contributed by atoms with E-state index in [9.17, 15) is 4.79 Å². The molecule has 1 aromatic rings. The van der Waals surface area contributed by atoms with E-state index in [2.05, 4.69) is 15.3 Å². The van der Waals surface area contributed by atoms with Crippen molar-refractivity contribution in [1.82, 2.24) is 5.32 Å². The zero-order chi connectivity index (χ0) is 12.8. The van der Waals surface area contributed by atoms with Gasteiger partial charge in [0.05, 0.1) is 6.04 Å². The molecule has 0 radical (unpaired) electrons. The number of nitrogens with zero attached hydrogens (tertiary/aromatic N) is 3. The van der Waals surface area contributed by atoms with Crippen molar-refractivity contribution in [1.29, 1.82) is 0 Å². The number of alkyl carbamates (subject to hydrolysis) is 1. The van der Waals surface area contributed by atoms with Crippen LogP contribution >= 0.6 is 0 Å². The van der Waals surface area contributed by atoms with E-state index < -0.39 is 6.09 Å². The minimum absolute atomic E-state index is 0.0613. The molecule has 6 nitrogen and oxygen atoms in total. The van der Waals surface area contributed by atoms with E-state index in [0.717, 1.165) is 5.56 Å². The fraction of sp³-hybridized carbons (Fsp3) is 0.417. The number of rotatable bonds is 5. The summed E-state index contributed by atoms with van der Waals surface area (Å²) in [6.07, 6.45) is 0.624. The third-order valence-electron chi connectivity index (χ3n) is 2.89. The first-order chi connectivity index (χ1) is 8.79. The van der Waals surface area contributed by atoms with E-state index in [1.54, 1.807) is 0 Å². The Morgan fingerprint density at radius 3 is 2.89 bits per heavy atom. The zero-order valence-corrected chi connectivity index (χ0v) is 9.82. The van der Waals surface area contributed by atoms with Crippen molar-refractivity contribution < 1.29 is 9.53 Å². The van der Waals surface area contributed by atoms with Crippen LogP contribution in [-0.4, -0.2) is 24.8 Å². The van der Waals surface area contributed by atoms with Crippen LogP contribution in [-0.2, 0) is 11.2 Å². The van der Waals surface area contributed by atoms with Crippen LogP contribution in [0.1, 0.15) is 12.0 Å². The van der Waals surface area contributed by atoms with Crippen molar-refractivity contribution in [2.24, 2.45) is 5.11 Å². The second-order valence-electron chi connectivity index (χ2n) is 4.13. The summed E-state index contributed by atoms with van der Waals surface area (Å²) in [4.78, 5) is 13.9. The predicted molar refractivity (Wildman–Crippen MR) is 66.0 cm³/mol. The highest BCUT2D eigenvalue weighted by atomic mass is 16.6. The predicted octanol–water partition coefficient (Wildman–Crippen LogP) is 2.41. The molecule has 1 saturated heterocycles. The first-order valence-electron chi connectivity index (χ1n) is 5.81. The second kappa shape index (κ2) is 5.93. The Hall–Kier alpha value is -2.20. The van der Waals surface area contributed by atoms with Gasteiger partial charge in [-0.05, 0) is 23.9 Å². The minimum Gasteiger partial charge on any atom is -0.444 e. The monoisotopic (exact) mass is 246 g/mol. The lowest BCUT2D eigenvalue weighted by atomic mass is 10.0. The van der Waals surface area contributed by atoms with Gasteiger partial charge in [-0.25, -0.2) is 4.79 Å². The lowest BCUT2D eigenvalue weighted by molar-refractivity contribution is 0.127. The first kappa shape index (κ1) is 12.3. The summed E-state index contributed by atoms with van der Waals surface area (Å²) >= 11 is 0. The topological polar surface area (TPSA) is 87.1 Å². The van der Waals surface area contributed by atoms with E-state index >= 15 is 0 Å². The fourth-order valence-corrected chi connectivity index (χ4v) is 2.04. The largest absolute Gasteiger partial charge is 0.444 e. The first-order valence-corrected chi connectivity index (χ1v) is 5.81. The highest BCUT2D eigenvalue weighted by Gasteiger charge is 2.33. The molecule has 1 fully saturated rings. The summed E-state index contributed by atoms with van der Waals surface area (Å²) in [5.41, 5.74) is 9.37. The Bertz CT molecular complexity index is 456. The molecule has 0 unspecified atom stereocenters. The van der Waals surface area contributed by atoms with E-state index in [0.29, 0.717) is 19.4 Å². The van der Waals surface area contributed by atoms with E-state index in [1.807, 2.05) is 30.3 Å². The standard InChI is InChI=1S/C12H14N4O2/c13-16-14-7-6-11-10(15-12(17)18-11)8-9-4-2-1-3-5-9/h1-5,10-11H,6-8H2,(H,15,17)/t10-,11-/m1/s1. The van der Waals surface area contributed by atoms with Gasteiger partial charge in [-0.3, -0.25) is 0 Å². The number of ether oxygens (including phenoxy) is 1. The SMILES string of the molecule is [N-]=[N+]=NCC[C@H]1OC(=O)N[C@@H]1Cc1ccccc1. The maximum Gasteiger partial charge on any atom is 0.407 e. The Labute approximate surface area is 105 Å². The number of carbonyl (C=O) groups is 1. The molecule has 1 aliphatic heterocycles. The van der Waals surface area contributed by atoms with Gasteiger partial charge in [-0.15, -0.1) is 0 Å². The molecular formula is C12H14N4O2. The number of cyclic esters (lactones) is 1. The van der Waals surface area contributed by atoms with E-state index in [1.165, 1.54) is 0 Å². The minimum atomic E-state index is -0.401. The average Bonchev–Trinajstić information content (AvgIpc) is 2.71. The van der Waals surface area contributed by atoms with Crippen LogP contribution in [0.4, 0.5) is 4.79 Å². The van der Waals surface area contributed by atoms with Crippen molar-refractivity contribution in [2.75, 3.05) is 6.54 Å². The summed E-state index contributed by atoms with van der Waals surface area (Å²) in [6, 6.07) is 9.83. The molecule has 0 spiro atoms. The molecule has 2 atom stereocenters. The maximum absolute atomic E-state index is 11.3. The molecule has 2 rings (SSSR count). The van der Waals surface area contributed by atoms with Gasteiger partial charge in [-0.1, -0.05) is 35.4 Å². The molecule has 0 saturated carbocycles. The summed E-state index contributed by atoms with van der Waals surface area (Å²) in [5, 5.41) is 6.25. The maximum atomic E-state index is 11.3. The molecule has 1 aliphatic rings. The summed E-state index contributed by atoms with van der Waals surface area (Å²) in [6.45, 7) is 0.335. The summed E-state index contributed by atoms with van der Waals surface area (Å²) < 4.78 is 5.16. The Kier molecular flexibility index (Phi) is 4.04. The van der Waals surface area contributed by atoms with Crippen molar-refractivity contribution >= 4 is 6.09 Å². The average molecular weight is 246 g/mol. The summed E-state index contributed by atoms with van der Waals surface area (Å²) in [5.74, 6) is 0. The number of azide groups is 1. The second-order valence-corrected chi connectivity index (χ2v) is 4.13. The van der Waals surface area contributed by atoms with Crippen molar-refractivity contribution in [3.8, 4) is 0 Å². The van der Waals surface area contributed by atoms with Crippen molar-refractivity contribution in [3.05, 3.63) is 46.3 Å². The number of hydrogen-bond acceptors (Lipinski definition) is 3. The lowest BCUT2D eigenvalue weighted by Crippen LogP contribution is -2.34. The van der Waals surface area contributed by atoms with E-state index in [-0.39, 0.29) is 12.1 Å². The van der Waals surface area contributed by atoms with Gasteiger partial charge in [0.2, 0.25) is 0 Å². The normalized spacial score (nSPS) is 21.9. The van der Waals surface area contributed by atoms with Gasteiger partial charge in [0.15, 0.2) is 0 Å². The van der Waals surface area contributed by atoms with Crippen LogP contribution in [0.2, 0.25) is 0 Å². The number of hydrogen-bond donors (Lipinski definition) is 1. The number of benzene rings is 1. The fourth-order valence-electron chi connectivity index (χ4n) is 2.04.